The van der Waals surface area contributed by atoms with Crippen LogP contribution in [0.4, 0.5) is 28.6 Å². The van der Waals surface area contributed by atoms with Crippen LogP contribution in [0.15, 0.2) is 94.8 Å². The van der Waals surface area contributed by atoms with Gasteiger partial charge >= 0.3 is 0 Å². The van der Waals surface area contributed by atoms with Crippen molar-refractivity contribution >= 4 is 108 Å². The number of methoxy groups -OCH3 is 5. The number of halogens is 5. The minimum atomic E-state index is -0.544. The van der Waals surface area contributed by atoms with Crippen molar-refractivity contribution in [2.24, 2.45) is 14.1 Å². The normalized spacial score (nSPS) is 10.7. The van der Waals surface area contributed by atoms with Crippen LogP contribution in [0.1, 0.15) is 5.56 Å². The van der Waals surface area contributed by atoms with E-state index in [9.17, 15) is 29.8 Å². The highest BCUT2D eigenvalue weighted by atomic mass is 35.5. The minimum Gasteiger partial charge on any atom is -0.495 e. The van der Waals surface area contributed by atoms with Gasteiger partial charge in [0.1, 0.15) is 45.4 Å². The number of para-hydroxylation sites is 2. The van der Waals surface area contributed by atoms with Gasteiger partial charge in [-0.1, -0.05) is 76.2 Å². The lowest BCUT2D eigenvalue weighted by molar-refractivity contribution is -0.384. The predicted molar refractivity (Wildman–Crippen MR) is 281 cm³/mol. The van der Waals surface area contributed by atoms with E-state index in [1.54, 1.807) is 88.0 Å². The molecule has 0 radical (unpaired) electrons. The molecule has 8 aromatic rings. The summed E-state index contributed by atoms with van der Waals surface area (Å²) in [4.78, 5) is 55.6. The van der Waals surface area contributed by atoms with Gasteiger partial charge in [0.25, 0.3) is 22.5 Å². The number of hydrogen-bond donors (Lipinski definition) is 2. The molecule has 0 fully saturated rings. The quantitative estimate of drug-likeness (QED) is 0.0530. The summed E-state index contributed by atoms with van der Waals surface area (Å²) >= 11 is 31.8. The van der Waals surface area contributed by atoms with Crippen LogP contribution in [0.2, 0.25) is 25.2 Å². The van der Waals surface area contributed by atoms with Crippen LogP contribution in [0.3, 0.4) is 0 Å². The molecule has 0 spiro atoms. The smallest absolute Gasteiger partial charge is 0.295 e. The number of fused-ring (bicyclic) bond motifs is 2. The van der Waals surface area contributed by atoms with Crippen molar-refractivity contribution in [2.45, 2.75) is 6.92 Å². The molecule has 0 amide bonds. The van der Waals surface area contributed by atoms with E-state index in [0.29, 0.717) is 78.5 Å². The van der Waals surface area contributed by atoms with Crippen LogP contribution >= 0.6 is 58.0 Å². The lowest BCUT2D eigenvalue weighted by atomic mass is 10.0. The first-order valence-electron chi connectivity index (χ1n) is 20.7. The highest BCUT2D eigenvalue weighted by Crippen LogP contribution is 2.47. The third-order valence-electron chi connectivity index (χ3n) is 11.0. The monoisotopic (exact) mass is 1080 g/mol. The highest BCUT2D eigenvalue weighted by molar-refractivity contribution is 6.42. The molecular weight excluding hydrogens is 1040 g/mol. The number of benzene rings is 4. The van der Waals surface area contributed by atoms with Gasteiger partial charge in [-0.25, -0.2) is 9.97 Å². The fourth-order valence-electron chi connectivity index (χ4n) is 7.34. The minimum absolute atomic E-state index is 0.0602. The van der Waals surface area contributed by atoms with Gasteiger partial charge < -0.3 is 43.9 Å². The number of rotatable bonds is 11. The molecule has 0 saturated heterocycles. The molecule has 72 heavy (non-hydrogen) atoms. The summed E-state index contributed by atoms with van der Waals surface area (Å²) in [5, 5.41) is 27.3. The average Bonchev–Trinajstić information content (AvgIpc) is 3.36. The molecule has 4 aromatic heterocycles. The van der Waals surface area contributed by atoms with Gasteiger partial charge in [-0.3, -0.25) is 29.8 Å². The Labute approximate surface area is 434 Å². The van der Waals surface area contributed by atoms with E-state index >= 15 is 0 Å². The third kappa shape index (κ3) is 10.7. The molecule has 8 rings (SSSR count). The van der Waals surface area contributed by atoms with Crippen molar-refractivity contribution in [3.63, 3.8) is 0 Å². The first-order chi connectivity index (χ1) is 34.2. The first kappa shape index (κ1) is 53.8. The molecule has 374 valence electrons. The zero-order chi connectivity index (χ0) is 52.9. The van der Waals surface area contributed by atoms with Crippen LogP contribution in [-0.4, -0.2) is 64.5 Å². The maximum atomic E-state index is 13.4. The summed E-state index contributed by atoms with van der Waals surface area (Å²) in [6.45, 7) is 1.76. The Balaban J connectivity index is 0.000000198. The number of nitrogens with two attached hydrogens (primary N) is 1. The van der Waals surface area contributed by atoms with Crippen molar-refractivity contribution in [3.05, 3.63) is 157 Å². The van der Waals surface area contributed by atoms with E-state index in [-0.39, 0.29) is 59.4 Å². The Morgan fingerprint density at radius 2 is 1.00 bits per heavy atom. The molecule has 24 heteroatoms. The number of nitro benzene ring substituents is 2. The summed E-state index contributed by atoms with van der Waals surface area (Å²) in [5.41, 5.74) is 8.02. The standard InChI is InChI=1S/C24H20Cl2N4O5.C17H13Cl3N2O3.C7H8N2O3/c1-12-6-5-7-15(30(32)33)23(12)28-19-9-16-13(11-27-19)8-14(24(31)29(16)2)20-21(25)17(34-3)10-18(35-4)22(20)26;1-22-10-5-13(18)21-7-8(10)4-9(17(22)23)14-15(19)11(24-2)6-12(25-3)16(14)20;1-12-6-4-2-3-5(7(6)8)9(10)11/h5-11H,1-4H3,(H,27,28);4-7H,1-3H3;2-4H,8H2,1H3. The fraction of sp³-hybridized carbons (Fsp3) is 0.167. The van der Waals surface area contributed by atoms with Crippen LogP contribution < -0.4 is 45.9 Å². The number of pyridine rings is 4. The van der Waals surface area contributed by atoms with Crippen molar-refractivity contribution in [3.8, 4) is 51.0 Å². The van der Waals surface area contributed by atoms with E-state index < -0.39 is 9.85 Å². The molecule has 3 N–H and O–H groups in total. The predicted octanol–water partition coefficient (Wildman–Crippen LogP) is 11.6. The number of aromatic nitrogens is 4. The molecule has 0 aliphatic heterocycles. The summed E-state index contributed by atoms with van der Waals surface area (Å²) in [7, 11) is 10.5. The van der Waals surface area contributed by atoms with Crippen LogP contribution in [0.25, 0.3) is 44.1 Å². The number of nitrogens with one attached hydrogen (secondary N) is 1. The number of nitro groups is 2. The Morgan fingerprint density at radius 3 is 1.44 bits per heavy atom. The Bertz CT molecular complexity index is 3520. The largest absolute Gasteiger partial charge is 0.495 e. The molecule has 0 atom stereocenters. The molecule has 0 unspecified atom stereocenters. The van der Waals surface area contributed by atoms with Crippen molar-refractivity contribution in [1.29, 1.82) is 0 Å². The van der Waals surface area contributed by atoms with Crippen molar-refractivity contribution in [2.75, 3.05) is 46.6 Å². The highest BCUT2D eigenvalue weighted by Gasteiger charge is 2.25. The fourth-order valence-corrected chi connectivity index (χ4v) is 8.90. The summed E-state index contributed by atoms with van der Waals surface area (Å²) < 4.78 is 28.9. The molecule has 0 aliphatic rings. The lowest BCUT2D eigenvalue weighted by Gasteiger charge is -2.16. The van der Waals surface area contributed by atoms with Gasteiger partial charge in [0.2, 0.25) is 0 Å². The molecule has 19 nitrogen and oxygen atoms in total. The maximum absolute atomic E-state index is 13.4. The number of anilines is 3. The van der Waals surface area contributed by atoms with E-state index in [1.807, 2.05) is 0 Å². The van der Waals surface area contributed by atoms with Gasteiger partial charge in [-0.2, -0.15) is 0 Å². The third-order valence-corrected chi connectivity index (χ3v) is 12.7. The molecule has 4 heterocycles. The molecule has 0 bridgehead atoms. The molecular formula is C48H41Cl5N8O11. The summed E-state index contributed by atoms with van der Waals surface area (Å²) in [6, 6.07) is 18.9. The van der Waals surface area contributed by atoms with Gasteiger partial charge in [-0.15, -0.1) is 0 Å². The zero-order valence-corrected chi connectivity index (χ0v) is 43.0. The van der Waals surface area contributed by atoms with Gasteiger partial charge in [0, 0.05) is 78.7 Å². The molecule has 4 aromatic carbocycles. The average molecular weight is 1080 g/mol. The second kappa shape index (κ2) is 22.7. The van der Waals surface area contributed by atoms with Gasteiger partial charge in [0.15, 0.2) is 5.69 Å². The summed E-state index contributed by atoms with van der Waals surface area (Å²) in [6.07, 6.45) is 3.14. The SMILES string of the molecule is COc1cc(OC)c(Cl)c(-c2cc3cnc(Cl)cc3n(C)c2=O)c1Cl.COc1cc(OC)c(Cl)c(-c2cc3cnc(Nc4c(C)cccc4[N+](=O)[O-])cc3n(C)c2=O)c1Cl.COc1cccc([N+](=O)[O-])c1N. The van der Waals surface area contributed by atoms with Crippen molar-refractivity contribution < 1.29 is 33.5 Å². The van der Waals surface area contributed by atoms with E-state index in [0.717, 1.165) is 5.39 Å². The molecule has 0 saturated carbocycles. The van der Waals surface area contributed by atoms with Crippen LogP contribution in [-0.2, 0) is 14.1 Å². The van der Waals surface area contributed by atoms with E-state index in [4.69, 9.17) is 87.4 Å². The lowest BCUT2D eigenvalue weighted by Crippen LogP contribution is -2.19. The molecule has 0 aliphatic carbocycles. The topological polar surface area (TPSA) is 240 Å². The maximum Gasteiger partial charge on any atom is 0.295 e. The first-order valence-corrected chi connectivity index (χ1v) is 22.6. The Morgan fingerprint density at radius 1 is 0.583 bits per heavy atom. The van der Waals surface area contributed by atoms with Gasteiger partial charge in [-0.05, 0) is 36.8 Å². The van der Waals surface area contributed by atoms with Crippen molar-refractivity contribution in [1.82, 2.24) is 19.1 Å². The Kier molecular flexibility index (Phi) is 16.9. The second-order valence-electron chi connectivity index (χ2n) is 15.1. The number of nitrogen functional groups attached to an aromatic ring is 1. The number of nitrogens with zero attached hydrogens (tertiary/aromatic N) is 6. The summed E-state index contributed by atoms with van der Waals surface area (Å²) in [5.74, 6) is 2.00. The number of ether oxygens (including phenoxy) is 5. The number of hydrogen-bond acceptors (Lipinski definition) is 15. The van der Waals surface area contributed by atoms with Crippen LogP contribution in [0, 0.1) is 27.2 Å². The zero-order valence-electron chi connectivity index (χ0n) is 39.2. The van der Waals surface area contributed by atoms with Crippen LogP contribution in [0.5, 0.6) is 28.7 Å². The second-order valence-corrected chi connectivity index (χ2v) is 17.0. The van der Waals surface area contributed by atoms with E-state index in [1.165, 1.54) is 62.9 Å². The van der Waals surface area contributed by atoms with E-state index in [2.05, 4.69) is 15.3 Å². The Hall–Kier alpha value is -7.55. The van der Waals surface area contributed by atoms with Gasteiger partial charge in [0.05, 0.1) is 87.6 Å². The number of aryl methyl sites for hydroxylation is 3.